The number of nitrogens with one attached hydrogen (secondary N) is 1. The van der Waals surface area contributed by atoms with Gasteiger partial charge in [-0.1, -0.05) is 12.1 Å². The van der Waals surface area contributed by atoms with Gasteiger partial charge >= 0.3 is 0 Å². The summed E-state index contributed by atoms with van der Waals surface area (Å²) in [5.41, 5.74) is 1.47. The highest BCUT2D eigenvalue weighted by atomic mass is 16.5. The van der Waals surface area contributed by atoms with Gasteiger partial charge in [0.25, 0.3) is 5.56 Å². The predicted molar refractivity (Wildman–Crippen MR) is 110 cm³/mol. The van der Waals surface area contributed by atoms with Gasteiger partial charge in [-0.25, -0.2) is 4.98 Å². The van der Waals surface area contributed by atoms with E-state index >= 15 is 0 Å². The molecule has 0 bridgehead atoms. The number of phenols is 1. The summed E-state index contributed by atoms with van der Waals surface area (Å²) < 4.78 is 6.98. The first-order valence-electron chi connectivity index (χ1n) is 9.13. The minimum Gasteiger partial charge on any atom is -0.507 e. The number of H-pyrrole nitrogens is 1. The number of aromatic nitrogens is 3. The summed E-state index contributed by atoms with van der Waals surface area (Å²) in [6.45, 7) is 2.50. The number of benzene rings is 2. The zero-order valence-corrected chi connectivity index (χ0v) is 16.0. The van der Waals surface area contributed by atoms with E-state index in [0.717, 1.165) is 0 Å². The molecule has 29 heavy (non-hydrogen) atoms. The van der Waals surface area contributed by atoms with Crippen molar-refractivity contribution in [2.45, 2.75) is 13.5 Å². The van der Waals surface area contributed by atoms with Crippen LogP contribution in [0, 0.1) is 0 Å². The second kappa shape index (κ2) is 7.27. The lowest BCUT2D eigenvalue weighted by molar-refractivity contribution is 0.103. The number of carbonyl (C=O) groups is 1. The van der Waals surface area contributed by atoms with E-state index in [4.69, 9.17) is 4.74 Å². The van der Waals surface area contributed by atoms with Gasteiger partial charge in [-0.05, 0) is 43.3 Å². The molecule has 0 saturated carbocycles. The van der Waals surface area contributed by atoms with Crippen molar-refractivity contribution in [2.75, 3.05) is 7.11 Å². The highest BCUT2D eigenvalue weighted by Crippen LogP contribution is 2.28. The van der Waals surface area contributed by atoms with Gasteiger partial charge in [-0.2, -0.15) is 0 Å². The van der Waals surface area contributed by atoms with Gasteiger partial charge in [-0.3, -0.25) is 9.59 Å². The summed E-state index contributed by atoms with van der Waals surface area (Å²) in [4.78, 5) is 32.8. The van der Waals surface area contributed by atoms with E-state index < -0.39 is 0 Å². The Bertz CT molecular complexity index is 1290. The molecule has 0 atom stereocenters. The Hall–Kier alpha value is -3.87. The molecule has 4 rings (SSSR count). The summed E-state index contributed by atoms with van der Waals surface area (Å²) in [6.07, 6.45) is 1.69. The second-order valence-corrected chi connectivity index (χ2v) is 6.54. The number of methoxy groups -OCH3 is 1. The van der Waals surface area contributed by atoms with Crippen molar-refractivity contribution < 1.29 is 14.6 Å². The number of carbonyl (C=O) groups excluding carboxylic acids is 1. The fraction of sp³-hybridized carbons (Fsp3) is 0.136. The van der Waals surface area contributed by atoms with E-state index in [-0.39, 0.29) is 22.7 Å². The van der Waals surface area contributed by atoms with Crippen LogP contribution < -0.4 is 10.3 Å². The van der Waals surface area contributed by atoms with Crippen molar-refractivity contribution in [3.8, 4) is 23.0 Å². The van der Waals surface area contributed by atoms with Crippen molar-refractivity contribution >= 4 is 16.7 Å². The number of hydrogen-bond acceptors (Lipinski definition) is 5. The van der Waals surface area contributed by atoms with E-state index in [2.05, 4.69) is 9.97 Å². The number of nitrogens with zero attached hydrogens (tertiary/aromatic N) is 2. The van der Waals surface area contributed by atoms with Crippen LogP contribution in [0.2, 0.25) is 0 Å². The van der Waals surface area contributed by atoms with Crippen LogP contribution in [0.3, 0.4) is 0 Å². The Balaban J connectivity index is 1.82. The van der Waals surface area contributed by atoms with E-state index in [0.29, 0.717) is 40.3 Å². The van der Waals surface area contributed by atoms with Crippen molar-refractivity contribution in [3.63, 3.8) is 0 Å². The molecule has 0 saturated heterocycles. The Morgan fingerprint density at radius 3 is 2.76 bits per heavy atom. The molecule has 2 N–H and O–H groups in total. The van der Waals surface area contributed by atoms with Gasteiger partial charge in [0.15, 0.2) is 11.6 Å². The maximum Gasteiger partial charge on any atom is 0.259 e. The van der Waals surface area contributed by atoms with Gasteiger partial charge < -0.3 is 19.4 Å². The lowest BCUT2D eigenvalue weighted by atomic mass is 10.0. The number of ether oxygens (including phenoxy) is 1. The SMILES string of the molecule is CCn1cc(C(=O)c2cc(OC)ccc2O)cc1-c1nc2ccccc2c(=O)[nH]1. The van der Waals surface area contributed by atoms with Crippen LogP contribution in [0.25, 0.3) is 22.4 Å². The fourth-order valence-corrected chi connectivity index (χ4v) is 3.28. The first-order valence-corrected chi connectivity index (χ1v) is 9.13. The highest BCUT2D eigenvalue weighted by Gasteiger charge is 2.19. The Morgan fingerprint density at radius 1 is 1.21 bits per heavy atom. The van der Waals surface area contributed by atoms with Crippen LogP contribution in [0.1, 0.15) is 22.8 Å². The number of ketones is 1. The molecule has 146 valence electrons. The molecular formula is C22H19N3O4. The maximum absolute atomic E-state index is 13.0. The van der Waals surface area contributed by atoms with Gasteiger partial charge in [-0.15, -0.1) is 0 Å². The minimum atomic E-state index is -0.349. The average Bonchev–Trinajstić information content (AvgIpc) is 3.18. The highest BCUT2D eigenvalue weighted by molar-refractivity contribution is 6.11. The smallest absolute Gasteiger partial charge is 0.259 e. The van der Waals surface area contributed by atoms with Gasteiger partial charge in [0, 0.05) is 18.3 Å². The standard InChI is InChI=1S/C22H19N3O4/c1-3-25-12-13(20(27)16-11-14(29-2)8-9-19(16)26)10-18(25)21-23-17-7-5-4-6-15(17)22(28)24-21/h4-12,26H,3H2,1-2H3,(H,23,24,28). The molecule has 2 heterocycles. The molecule has 2 aromatic heterocycles. The van der Waals surface area contributed by atoms with E-state index in [1.165, 1.54) is 19.2 Å². The molecule has 0 aliphatic carbocycles. The van der Waals surface area contributed by atoms with Crippen LogP contribution in [0.15, 0.2) is 59.5 Å². The molecule has 4 aromatic rings. The molecule has 0 unspecified atom stereocenters. The second-order valence-electron chi connectivity index (χ2n) is 6.54. The summed E-state index contributed by atoms with van der Waals surface area (Å²) in [5, 5.41) is 10.6. The normalized spacial score (nSPS) is 11.0. The average molecular weight is 389 g/mol. The molecule has 0 spiro atoms. The summed E-state index contributed by atoms with van der Waals surface area (Å²) >= 11 is 0. The molecule has 7 heteroatoms. The number of rotatable bonds is 5. The number of aromatic hydroxyl groups is 1. The van der Waals surface area contributed by atoms with Crippen LogP contribution >= 0.6 is 0 Å². The lowest BCUT2D eigenvalue weighted by Gasteiger charge is -2.06. The fourth-order valence-electron chi connectivity index (χ4n) is 3.28. The molecule has 0 aliphatic rings. The topological polar surface area (TPSA) is 97.2 Å². The largest absolute Gasteiger partial charge is 0.507 e. The zero-order valence-electron chi connectivity index (χ0n) is 16.0. The van der Waals surface area contributed by atoms with Crippen LogP contribution in [-0.4, -0.2) is 32.5 Å². The Morgan fingerprint density at radius 2 is 2.00 bits per heavy atom. The predicted octanol–water partition coefficient (Wildman–Crippen LogP) is 3.36. The van der Waals surface area contributed by atoms with Gasteiger partial charge in [0.1, 0.15) is 11.5 Å². The number of hydrogen-bond donors (Lipinski definition) is 2. The van der Waals surface area contributed by atoms with E-state index in [1.54, 1.807) is 36.5 Å². The van der Waals surface area contributed by atoms with Crippen molar-refractivity contribution in [2.24, 2.45) is 0 Å². The number of fused-ring (bicyclic) bond motifs is 1. The Kier molecular flexibility index (Phi) is 4.64. The lowest BCUT2D eigenvalue weighted by Crippen LogP contribution is -2.10. The first-order chi connectivity index (χ1) is 14.0. The zero-order chi connectivity index (χ0) is 20.5. The monoisotopic (exact) mass is 389 g/mol. The molecule has 2 aromatic carbocycles. The van der Waals surface area contributed by atoms with Crippen LogP contribution in [-0.2, 0) is 6.54 Å². The van der Waals surface area contributed by atoms with Crippen molar-refractivity contribution in [1.29, 1.82) is 0 Å². The quantitative estimate of drug-likeness (QED) is 0.510. The van der Waals surface area contributed by atoms with Gasteiger partial charge in [0.2, 0.25) is 0 Å². The van der Waals surface area contributed by atoms with E-state index in [9.17, 15) is 14.7 Å². The summed E-state index contributed by atoms with van der Waals surface area (Å²) in [7, 11) is 1.49. The van der Waals surface area contributed by atoms with Gasteiger partial charge in [0.05, 0.1) is 29.3 Å². The Labute approximate surface area is 166 Å². The minimum absolute atomic E-state index is 0.126. The van der Waals surface area contributed by atoms with Crippen molar-refractivity contribution in [3.05, 3.63) is 76.2 Å². The number of aromatic amines is 1. The van der Waals surface area contributed by atoms with Crippen LogP contribution in [0.4, 0.5) is 0 Å². The van der Waals surface area contributed by atoms with Crippen molar-refractivity contribution in [1.82, 2.24) is 14.5 Å². The summed E-state index contributed by atoms with van der Waals surface area (Å²) in [6, 6.07) is 13.3. The number of phenolic OH excluding ortho intramolecular Hbond substituents is 1. The summed E-state index contributed by atoms with van der Waals surface area (Å²) in [5.74, 6) is 0.378. The molecule has 0 fully saturated rings. The number of aryl methyl sites for hydroxylation is 1. The molecule has 0 amide bonds. The maximum atomic E-state index is 13.0. The molecule has 7 nitrogen and oxygen atoms in total. The third kappa shape index (κ3) is 3.27. The van der Waals surface area contributed by atoms with E-state index in [1.807, 2.05) is 17.6 Å². The first kappa shape index (κ1) is 18.5. The molecular weight excluding hydrogens is 370 g/mol. The molecule has 0 radical (unpaired) electrons. The third-order valence-corrected chi connectivity index (χ3v) is 4.80. The number of para-hydroxylation sites is 1. The third-order valence-electron chi connectivity index (χ3n) is 4.80. The van der Waals surface area contributed by atoms with Crippen LogP contribution in [0.5, 0.6) is 11.5 Å². The molecule has 0 aliphatic heterocycles.